The van der Waals surface area contributed by atoms with Crippen LogP contribution in [0.15, 0.2) is 72.9 Å². The normalized spacial score (nSPS) is 11.9. The molecule has 2 aromatic carbocycles. The molecular weight excluding hydrogens is 413 g/mol. The number of carboxylic acid groups (broad SMARTS) is 1. The molecule has 0 saturated carbocycles. The van der Waals surface area contributed by atoms with E-state index < -0.39 is 12.0 Å². The summed E-state index contributed by atoms with van der Waals surface area (Å²) in [6, 6.07) is 19.6. The molecule has 154 valence electrons. The minimum Gasteiger partial charge on any atom is -0.480 e. The molecule has 0 fully saturated rings. The van der Waals surface area contributed by atoms with E-state index in [1.165, 1.54) is 0 Å². The lowest BCUT2D eigenvalue weighted by molar-refractivity contribution is -0.139. The second kappa shape index (κ2) is 11.3. The zero-order valence-corrected chi connectivity index (χ0v) is 17.3. The van der Waals surface area contributed by atoms with Gasteiger partial charge in [0, 0.05) is 17.8 Å². The topological polar surface area (TPSA) is 97.5 Å². The molecule has 0 spiro atoms. The van der Waals surface area contributed by atoms with Gasteiger partial charge in [-0.3, -0.25) is 4.79 Å². The molecular formula is C21H23Cl2N3O3. The van der Waals surface area contributed by atoms with Crippen LogP contribution < -0.4 is 15.8 Å². The summed E-state index contributed by atoms with van der Waals surface area (Å²) in [6.45, 7) is 1.79. The van der Waals surface area contributed by atoms with Crippen molar-refractivity contribution in [2.75, 3.05) is 5.32 Å². The Morgan fingerprint density at radius 3 is 2.10 bits per heavy atom. The number of nitrogens with zero attached hydrogens (tertiary/aromatic N) is 1. The number of aliphatic carboxylic acids is 1. The van der Waals surface area contributed by atoms with E-state index in [9.17, 15) is 4.79 Å². The third-order valence-electron chi connectivity index (χ3n) is 4.26. The first kappa shape index (κ1) is 24.2. The summed E-state index contributed by atoms with van der Waals surface area (Å²) in [5.41, 5.74) is 7.45. The van der Waals surface area contributed by atoms with Crippen LogP contribution in [0.1, 0.15) is 18.4 Å². The first-order valence-electron chi connectivity index (χ1n) is 8.57. The van der Waals surface area contributed by atoms with E-state index in [1.54, 1.807) is 25.3 Å². The van der Waals surface area contributed by atoms with Gasteiger partial charge in [-0.15, -0.1) is 24.8 Å². The van der Waals surface area contributed by atoms with Crippen LogP contribution in [0, 0.1) is 0 Å². The van der Waals surface area contributed by atoms with Gasteiger partial charge < -0.3 is 20.9 Å². The predicted molar refractivity (Wildman–Crippen MR) is 119 cm³/mol. The third kappa shape index (κ3) is 6.64. The van der Waals surface area contributed by atoms with E-state index in [-0.39, 0.29) is 30.7 Å². The summed E-state index contributed by atoms with van der Waals surface area (Å²) in [4.78, 5) is 15.2. The van der Waals surface area contributed by atoms with Crippen LogP contribution in [0.4, 0.5) is 11.5 Å². The predicted octanol–water partition coefficient (Wildman–Crippen LogP) is 4.98. The monoisotopic (exact) mass is 435 g/mol. The zero-order chi connectivity index (χ0) is 19.2. The van der Waals surface area contributed by atoms with E-state index in [4.69, 9.17) is 15.6 Å². The average molecular weight is 436 g/mol. The minimum absolute atomic E-state index is 0. The van der Waals surface area contributed by atoms with Crippen molar-refractivity contribution < 1.29 is 14.6 Å². The highest BCUT2D eigenvalue weighted by Crippen LogP contribution is 2.26. The van der Waals surface area contributed by atoms with Gasteiger partial charge in [0.15, 0.2) is 0 Å². The van der Waals surface area contributed by atoms with Crippen molar-refractivity contribution >= 4 is 42.3 Å². The smallest absolute Gasteiger partial charge is 0.321 e. The Balaban J connectivity index is 0.00000210. The number of benzene rings is 2. The summed E-state index contributed by atoms with van der Waals surface area (Å²) < 4.78 is 5.84. The maximum Gasteiger partial charge on any atom is 0.321 e. The highest BCUT2D eigenvalue weighted by atomic mass is 35.5. The van der Waals surface area contributed by atoms with E-state index in [0.717, 1.165) is 17.1 Å². The average Bonchev–Trinajstić information content (AvgIpc) is 2.69. The Bertz CT molecular complexity index is 891. The van der Waals surface area contributed by atoms with Gasteiger partial charge in [0.1, 0.15) is 23.4 Å². The number of carbonyl (C=O) groups is 1. The Hall–Kier alpha value is -2.80. The first-order valence-corrected chi connectivity index (χ1v) is 8.57. The van der Waals surface area contributed by atoms with E-state index in [2.05, 4.69) is 10.3 Å². The van der Waals surface area contributed by atoms with E-state index in [1.807, 2.05) is 54.6 Å². The van der Waals surface area contributed by atoms with E-state index >= 15 is 0 Å². The van der Waals surface area contributed by atoms with Gasteiger partial charge in [-0.2, -0.15) is 0 Å². The summed E-state index contributed by atoms with van der Waals surface area (Å²) in [5, 5.41) is 12.2. The van der Waals surface area contributed by atoms with Crippen molar-refractivity contribution in [3.8, 4) is 11.5 Å². The molecule has 4 N–H and O–H groups in total. The standard InChI is InChI=1S/C21H21N3O3.2ClH/c1-14(20(22)21(25)26)15-5-9-17(10-6-15)27-18-11-7-16(8-12-18)24-19-4-2-3-13-23-19;;/h2-14,20H,22H2,1H3,(H,23,24)(H,25,26);2*1H/t14?,20-;;/m0../s1. The molecule has 6 nitrogen and oxygen atoms in total. The summed E-state index contributed by atoms with van der Waals surface area (Å²) in [6.07, 6.45) is 1.73. The molecule has 1 aromatic heterocycles. The van der Waals surface area contributed by atoms with Crippen LogP contribution in [-0.4, -0.2) is 22.1 Å². The molecule has 0 amide bonds. The molecule has 0 aliphatic rings. The lowest BCUT2D eigenvalue weighted by atomic mass is 9.94. The number of nitrogens with two attached hydrogens (primary N) is 1. The van der Waals surface area contributed by atoms with Crippen molar-refractivity contribution in [1.82, 2.24) is 4.98 Å². The van der Waals surface area contributed by atoms with Gasteiger partial charge in [-0.25, -0.2) is 4.98 Å². The number of ether oxygens (including phenoxy) is 1. The summed E-state index contributed by atoms with van der Waals surface area (Å²) in [5.74, 6) is 0.844. The zero-order valence-electron chi connectivity index (χ0n) is 15.7. The third-order valence-corrected chi connectivity index (χ3v) is 4.26. The van der Waals surface area contributed by atoms with Gasteiger partial charge in [-0.05, 0) is 54.1 Å². The SMILES string of the molecule is CC(c1ccc(Oc2ccc(Nc3ccccn3)cc2)cc1)[C@H](N)C(=O)O.Cl.Cl. The van der Waals surface area contributed by atoms with Gasteiger partial charge in [-0.1, -0.05) is 25.1 Å². The number of halogens is 2. The lowest BCUT2D eigenvalue weighted by Crippen LogP contribution is -2.35. The molecule has 29 heavy (non-hydrogen) atoms. The highest BCUT2D eigenvalue weighted by molar-refractivity contribution is 5.85. The molecule has 1 unspecified atom stereocenters. The quantitative estimate of drug-likeness (QED) is 0.484. The number of pyridine rings is 1. The molecule has 1 heterocycles. The van der Waals surface area contributed by atoms with Crippen LogP contribution in [0.2, 0.25) is 0 Å². The number of hydrogen-bond acceptors (Lipinski definition) is 5. The van der Waals surface area contributed by atoms with Gasteiger partial charge >= 0.3 is 5.97 Å². The molecule has 8 heteroatoms. The molecule has 0 aliphatic heterocycles. The molecule has 3 rings (SSSR count). The number of nitrogens with one attached hydrogen (secondary N) is 1. The second-order valence-electron chi connectivity index (χ2n) is 6.19. The van der Waals surface area contributed by atoms with Crippen molar-refractivity contribution in [1.29, 1.82) is 0 Å². The Kier molecular flexibility index (Phi) is 9.41. The van der Waals surface area contributed by atoms with E-state index in [0.29, 0.717) is 11.5 Å². The fourth-order valence-electron chi connectivity index (χ4n) is 2.59. The Labute approximate surface area is 181 Å². The highest BCUT2D eigenvalue weighted by Gasteiger charge is 2.21. The van der Waals surface area contributed by atoms with Gasteiger partial charge in [0.2, 0.25) is 0 Å². The maximum absolute atomic E-state index is 11.0. The van der Waals surface area contributed by atoms with Crippen LogP contribution >= 0.6 is 24.8 Å². The fourth-order valence-corrected chi connectivity index (χ4v) is 2.59. The second-order valence-corrected chi connectivity index (χ2v) is 6.19. The molecule has 0 saturated heterocycles. The summed E-state index contributed by atoms with van der Waals surface area (Å²) >= 11 is 0. The number of hydrogen-bond donors (Lipinski definition) is 3. The fraction of sp³-hybridized carbons (Fsp3) is 0.143. The van der Waals surface area contributed by atoms with Crippen LogP contribution in [0.5, 0.6) is 11.5 Å². The van der Waals surface area contributed by atoms with Crippen LogP contribution in [0.3, 0.4) is 0 Å². The summed E-state index contributed by atoms with van der Waals surface area (Å²) in [7, 11) is 0. The van der Waals surface area contributed by atoms with Crippen LogP contribution in [-0.2, 0) is 4.79 Å². The first-order chi connectivity index (χ1) is 13.0. The Morgan fingerprint density at radius 2 is 1.59 bits per heavy atom. The number of rotatable bonds is 7. The van der Waals surface area contributed by atoms with Crippen molar-refractivity contribution in [3.63, 3.8) is 0 Å². The minimum atomic E-state index is -1.01. The molecule has 0 aliphatic carbocycles. The van der Waals surface area contributed by atoms with Crippen molar-refractivity contribution in [3.05, 3.63) is 78.5 Å². The number of carboxylic acids is 1. The van der Waals surface area contributed by atoms with Crippen LogP contribution in [0.25, 0.3) is 0 Å². The van der Waals surface area contributed by atoms with Crippen molar-refractivity contribution in [2.24, 2.45) is 5.73 Å². The number of anilines is 2. The van der Waals surface area contributed by atoms with Gasteiger partial charge in [0.05, 0.1) is 0 Å². The number of aromatic nitrogens is 1. The maximum atomic E-state index is 11.0. The molecule has 0 radical (unpaired) electrons. The largest absolute Gasteiger partial charge is 0.480 e. The van der Waals surface area contributed by atoms with Crippen molar-refractivity contribution in [2.45, 2.75) is 18.9 Å². The molecule has 0 bridgehead atoms. The molecule has 3 aromatic rings. The molecule has 2 atom stereocenters. The lowest BCUT2D eigenvalue weighted by Gasteiger charge is -2.16. The van der Waals surface area contributed by atoms with Gasteiger partial charge in [0.25, 0.3) is 0 Å². The Morgan fingerprint density at radius 1 is 1.00 bits per heavy atom.